The van der Waals surface area contributed by atoms with E-state index in [9.17, 15) is 4.79 Å². The van der Waals surface area contributed by atoms with Crippen LogP contribution in [0.4, 0.5) is 0 Å². The first-order chi connectivity index (χ1) is 15.5. The van der Waals surface area contributed by atoms with E-state index in [1.807, 2.05) is 6.07 Å². The Kier molecular flexibility index (Phi) is 9.11. The highest BCUT2D eigenvalue weighted by atomic mass is 16.2. The number of aliphatic imine (C=N–C) groups is 1. The molecule has 1 amide bonds. The molecule has 0 radical (unpaired) electrons. The highest BCUT2D eigenvalue weighted by Gasteiger charge is 2.26. The molecule has 2 atom stereocenters. The second-order valence-corrected chi connectivity index (χ2v) is 8.79. The Labute approximate surface area is 192 Å². The summed E-state index contributed by atoms with van der Waals surface area (Å²) >= 11 is 0. The van der Waals surface area contributed by atoms with Gasteiger partial charge in [-0.25, -0.2) is 4.99 Å². The monoisotopic (exact) mass is 435 g/mol. The van der Waals surface area contributed by atoms with Crippen LogP contribution in [0.25, 0.3) is 0 Å². The van der Waals surface area contributed by atoms with E-state index < -0.39 is 0 Å². The van der Waals surface area contributed by atoms with Gasteiger partial charge in [-0.3, -0.25) is 9.69 Å². The lowest BCUT2D eigenvalue weighted by atomic mass is 9.97. The molecule has 2 N–H and O–H groups in total. The molecular weight excluding hydrogens is 398 g/mol. The summed E-state index contributed by atoms with van der Waals surface area (Å²) in [5, 5.41) is 7.02. The average Bonchev–Trinajstić information content (AvgIpc) is 2.80. The fraction of sp³-hybridized carbons (Fsp3) is 0.462. The van der Waals surface area contributed by atoms with E-state index in [1.54, 1.807) is 19.0 Å². The van der Waals surface area contributed by atoms with E-state index in [4.69, 9.17) is 0 Å². The van der Waals surface area contributed by atoms with E-state index in [1.165, 1.54) is 11.1 Å². The third kappa shape index (κ3) is 7.68. The SMILES string of the molecule is CC1CC(NC(=NCC(=O)N(C)C)NCCc2ccccc2)CCN1Cc1ccccc1. The minimum absolute atomic E-state index is 0.000192. The molecule has 32 heavy (non-hydrogen) atoms. The number of hydrogen-bond acceptors (Lipinski definition) is 3. The summed E-state index contributed by atoms with van der Waals surface area (Å²) in [6, 6.07) is 21.9. The van der Waals surface area contributed by atoms with Crippen LogP contribution in [0.15, 0.2) is 65.7 Å². The van der Waals surface area contributed by atoms with E-state index >= 15 is 0 Å². The van der Waals surface area contributed by atoms with Crippen molar-refractivity contribution in [3.63, 3.8) is 0 Å². The van der Waals surface area contributed by atoms with Crippen LogP contribution in [-0.2, 0) is 17.8 Å². The van der Waals surface area contributed by atoms with E-state index in [0.29, 0.717) is 12.1 Å². The Morgan fingerprint density at radius 1 is 1.06 bits per heavy atom. The molecule has 0 aliphatic carbocycles. The number of nitrogens with one attached hydrogen (secondary N) is 2. The first-order valence-electron chi connectivity index (χ1n) is 11.6. The molecule has 1 fully saturated rings. The quantitative estimate of drug-likeness (QED) is 0.495. The third-order valence-corrected chi connectivity index (χ3v) is 6.00. The zero-order valence-corrected chi connectivity index (χ0v) is 19.6. The van der Waals surface area contributed by atoms with Gasteiger partial charge in [0.1, 0.15) is 6.54 Å². The smallest absolute Gasteiger partial charge is 0.243 e. The lowest BCUT2D eigenvalue weighted by Gasteiger charge is -2.38. The van der Waals surface area contributed by atoms with Crippen LogP contribution in [0.5, 0.6) is 0 Å². The summed E-state index contributed by atoms with van der Waals surface area (Å²) in [6.07, 6.45) is 3.02. The lowest BCUT2D eigenvalue weighted by Crippen LogP contribution is -2.51. The fourth-order valence-electron chi connectivity index (χ4n) is 4.01. The van der Waals surface area contributed by atoms with Gasteiger partial charge in [-0.1, -0.05) is 60.7 Å². The van der Waals surface area contributed by atoms with Crippen molar-refractivity contribution in [3.8, 4) is 0 Å². The Balaban J connectivity index is 1.54. The van der Waals surface area contributed by atoms with E-state index in [-0.39, 0.29) is 12.5 Å². The molecule has 2 aromatic carbocycles. The van der Waals surface area contributed by atoms with Crippen LogP contribution in [-0.4, -0.2) is 67.5 Å². The second-order valence-electron chi connectivity index (χ2n) is 8.79. The molecule has 0 aromatic heterocycles. The number of hydrogen-bond donors (Lipinski definition) is 2. The molecule has 3 rings (SSSR count). The maximum Gasteiger partial charge on any atom is 0.243 e. The fourth-order valence-corrected chi connectivity index (χ4v) is 4.01. The minimum Gasteiger partial charge on any atom is -0.356 e. The molecule has 6 heteroatoms. The summed E-state index contributed by atoms with van der Waals surface area (Å²) in [5.74, 6) is 0.727. The molecule has 1 aliphatic rings. The highest BCUT2D eigenvalue weighted by molar-refractivity contribution is 5.84. The van der Waals surface area contributed by atoms with Crippen molar-refractivity contribution in [2.45, 2.75) is 44.8 Å². The largest absolute Gasteiger partial charge is 0.356 e. The second kappa shape index (κ2) is 12.2. The van der Waals surface area contributed by atoms with Crippen LogP contribution in [0.3, 0.4) is 0 Å². The van der Waals surface area contributed by atoms with Gasteiger partial charge in [-0.05, 0) is 37.3 Å². The Morgan fingerprint density at radius 2 is 1.72 bits per heavy atom. The molecule has 1 aliphatic heterocycles. The first kappa shape index (κ1) is 23.8. The van der Waals surface area contributed by atoms with Gasteiger partial charge in [0.05, 0.1) is 0 Å². The number of guanidine groups is 1. The summed E-state index contributed by atoms with van der Waals surface area (Å²) in [4.78, 5) is 20.8. The van der Waals surface area contributed by atoms with Crippen LogP contribution in [0.1, 0.15) is 30.9 Å². The normalized spacial score (nSPS) is 19.4. The molecular formula is C26H37N5O. The number of amides is 1. The van der Waals surface area contributed by atoms with E-state index in [2.05, 4.69) is 82.0 Å². The van der Waals surface area contributed by atoms with Crippen molar-refractivity contribution >= 4 is 11.9 Å². The van der Waals surface area contributed by atoms with E-state index in [0.717, 1.165) is 44.9 Å². The van der Waals surface area contributed by atoms with Gasteiger partial charge < -0.3 is 15.5 Å². The molecule has 2 unspecified atom stereocenters. The van der Waals surface area contributed by atoms with Gasteiger partial charge in [0, 0.05) is 45.8 Å². The zero-order valence-electron chi connectivity index (χ0n) is 19.6. The Morgan fingerprint density at radius 3 is 2.34 bits per heavy atom. The van der Waals surface area contributed by atoms with Crippen LogP contribution >= 0.6 is 0 Å². The maximum absolute atomic E-state index is 12.1. The van der Waals surface area contributed by atoms with Crippen molar-refractivity contribution < 1.29 is 4.79 Å². The summed E-state index contributed by atoms with van der Waals surface area (Å²) in [5.41, 5.74) is 2.64. The molecule has 0 spiro atoms. The number of carbonyl (C=O) groups is 1. The summed E-state index contributed by atoms with van der Waals surface area (Å²) in [7, 11) is 3.52. The summed E-state index contributed by atoms with van der Waals surface area (Å²) in [6.45, 7) is 5.25. The standard InChI is InChI=1S/C26H37N5O/c1-21-18-24(15-17-31(21)20-23-12-8-5-9-13-23)29-26(28-19-25(32)30(2)3)27-16-14-22-10-6-4-7-11-22/h4-13,21,24H,14-20H2,1-3H3,(H2,27,28,29). The van der Waals surface area contributed by atoms with Crippen molar-refractivity contribution in [1.29, 1.82) is 0 Å². The molecule has 172 valence electrons. The number of piperidine rings is 1. The van der Waals surface area contributed by atoms with Crippen LogP contribution in [0.2, 0.25) is 0 Å². The average molecular weight is 436 g/mol. The first-order valence-corrected chi connectivity index (χ1v) is 11.6. The topological polar surface area (TPSA) is 60.0 Å². The zero-order chi connectivity index (χ0) is 22.8. The molecule has 1 heterocycles. The Hall–Kier alpha value is -2.86. The van der Waals surface area contributed by atoms with Gasteiger partial charge >= 0.3 is 0 Å². The maximum atomic E-state index is 12.1. The molecule has 1 saturated heterocycles. The van der Waals surface area contributed by atoms with Gasteiger partial charge in [-0.15, -0.1) is 0 Å². The predicted octanol–water partition coefficient (Wildman–Crippen LogP) is 2.91. The number of likely N-dealkylation sites (tertiary alicyclic amines) is 1. The third-order valence-electron chi connectivity index (χ3n) is 6.00. The van der Waals surface area contributed by atoms with Gasteiger partial charge in [0.2, 0.25) is 5.91 Å². The van der Waals surface area contributed by atoms with Crippen LogP contribution < -0.4 is 10.6 Å². The number of nitrogens with zero attached hydrogens (tertiary/aromatic N) is 3. The minimum atomic E-state index is 0.000192. The summed E-state index contributed by atoms with van der Waals surface area (Å²) < 4.78 is 0. The van der Waals surface area contributed by atoms with Crippen molar-refractivity contribution in [2.24, 2.45) is 4.99 Å². The molecule has 2 aromatic rings. The molecule has 6 nitrogen and oxygen atoms in total. The molecule has 0 saturated carbocycles. The van der Waals surface area contributed by atoms with Crippen molar-refractivity contribution in [2.75, 3.05) is 33.7 Å². The highest BCUT2D eigenvalue weighted by Crippen LogP contribution is 2.20. The Bertz CT molecular complexity index is 853. The number of likely N-dealkylation sites (N-methyl/N-ethyl adjacent to an activating group) is 1. The van der Waals surface area contributed by atoms with Gasteiger partial charge in [0.25, 0.3) is 0 Å². The lowest BCUT2D eigenvalue weighted by molar-refractivity contribution is -0.127. The van der Waals surface area contributed by atoms with Crippen molar-refractivity contribution in [1.82, 2.24) is 20.4 Å². The number of benzene rings is 2. The number of carbonyl (C=O) groups excluding carboxylic acids is 1. The van der Waals surface area contributed by atoms with Gasteiger partial charge in [0.15, 0.2) is 5.96 Å². The van der Waals surface area contributed by atoms with Crippen LogP contribution in [0, 0.1) is 0 Å². The van der Waals surface area contributed by atoms with Gasteiger partial charge in [-0.2, -0.15) is 0 Å². The predicted molar refractivity (Wildman–Crippen MR) is 132 cm³/mol. The molecule has 0 bridgehead atoms. The van der Waals surface area contributed by atoms with Crippen molar-refractivity contribution in [3.05, 3.63) is 71.8 Å². The number of rotatable bonds is 8.